The molecule has 0 saturated carbocycles. The Labute approximate surface area is 133 Å². The van der Waals surface area contributed by atoms with E-state index in [0.717, 1.165) is 24.5 Å². The molecule has 2 rings (SSSR count). The Morgan fingerprint density at radius 2 is 1.73 bits per heavy atom. The van der Waals surface area contributed by atoms with E-state index in [-0.39, 0.29) is 0 Å². The molecule has 118 valence electrons. The first-order valence-electron chi connectivity index (χ1n) is 7.62. The molecule has 0 heterocycles. The van der Waals surface area contributed by atoms with Gasteiger partial charge >= 0.3 is 0 Å². The fourth-order valence-electron chi connectivity index (χ4n) is 2.75. The van der Waals surface area contributed by atoms with Crippen LogP contribution in [0, 0.1) is 6.92 Å². The first-order valence-corrected chi connectivity index (χ1v) is 7.62. The summed E-state index contributed by atoms with van der Waals surface area (Å²) in [6.07, 6.45) is 1.02. The number of methoxy groups -OCH3 is 2. The maximum absolute atomic E-state index is 5.58. The van der Waals surface area contributed by atoms with Gasteiger partial charge in [-0.1, -0.05) is 29.8 Å². The maximum atomic E-state index is 5.58. The highest BCUT2D eigenvalue weighted by Crippen LogP contribution is 2.35. The SMILES string of the molecule is CNCCC(c1ccc(OC)cc1)c1cc(C)ccc1OC. The first-order chi connectivity index (χ1) is 10.7. The van der Waals surface area contributed by atoms with Crippen molar-refractivity contribution < 1.29 is 9.47 Å². The van der Waals surface area contributed by atoms with Crippen LogP contribution in [0.3, 0.4) is 0 Å². The van der Waals surface area contributed by atoms with Gasteiger partial charge < -0.3 is 14.8 Å². The summed E-state index contributed by atoms with van der Waals surface area (Å²) in [5.41, 5.74) is 3.77. The quantitative estimate of drug-likeness (QED) is 0.844. The van der Waals surface area contributed by atoms with E-state index < -0.39 is 0 Å². The van der Waals surface area contributed by atoms with Crippen molar-refractivity contribution in [2.24, 2.45) is 0 Å². The molecule has 1 atom stereocenters. The molecule has 1 N–H and O–H groups in total. The summed E-state index contributed by atoms with van der Waals surface area (Å²) in [5, 5.41) is 3.25. The van der Waals surface area contributed by atoms with Crippen molar-refractivity contribution in [2.45, 2.75) is 19.3 Å². The summed E-state index contributed by atoms with van der Waals surface area (Å²) in [4.78, 5) is 0. The number of hydrogen-bond donors (Lipinski definition) is 1. The monoisotopic (exact) mass is 299 g/mol. The Bertz CT molecular complexity index is 593. The van der Waals surface area contributed by atoms with E-state index in [1.165, 1.54) is 16.7 Å². The zero-order valence-electron chi connectivity index (χ0n) is 13.8. The second-order valence-electron chi connectivity index (χ2n) is 5.46. The summed E-state index contributed by atoms with van der Waals surface area (Å²) in [6.45, 7) is 3.07. The molecule has 1 unspecified atom stereocenters. The zero-order valence-corrected chi connectivity index (χ0v) is 13.8. The molecule has 0 radical (unpaired) electrons. The predicted octanol–water partition coefficient (Wildman–Crippen LogP) is 3.75. The molecule has 0 saturated heterocycles. The number of hydrogen-bond acceptors (Lipinski definition) is 3. The van der Waals surface area contributed by atoms with Gasteiger partial charge in [-0.3, -0.25) is 0 Å². The average Bonchev–Trinajstić information content (AvgIpc) is 2.56. The molecule has 2 aromatic rings. The molecule has 0 aliphatic carbocycles. The average molecular weight is 299 g/mol. The van der Waals surface area contributed by atoms with Crippen molar-refractivity contribution in [3.8, 4) is 11.5 Å². The number of rotatable bonds is 7. The van der Waals surface area contributed by atoms with Crippen molar-refractivity contribution in [1.29, 1.82) is 0 Å². The minimum absolute atomic E-state index is 0.299. The molecular weight excluding hydrogens is 274 g/mol. The molecule has 0 spiro atoms. The minimum atomic E-state index is 0.299. The molecule has 3 heteroatoms. The van der Waals surface area contributed by atoms with Crippen molar-refractivity contribution >= 4 is 0 Å². The van der Waals surface area contributed by atoms with E-state index in [1.807, 2.05) is 19.2 Å². The topological polar surface area (TPSA) is 30.5 Å². The first kappa shape index (κ1) is 16.4. The van der Waals surface area contributed by atoms with Crippen molar-refractivity contribution in [1.82, 2.24) is 5.32 Å². The van der Waals surface area contributed by atoms with Crippen LogP contribution in [0.1, 0.15) is 29.0 Å². The van der Waals surface area contributed by atoms with E-state index >= 15 is 0 Å². The van der Waals surface area contributed by atoms with Crippen LogP contribution < -0.4 is 14.8 Å². The Morgan fingerprint density at radius 1 is 1.00 bits per heavy atom. The molecule has 0 amide bonds. The van der Waals surface area contributed by atoms with Gasteiger partial charge in [0.25, 0.3) is 0 Å². The number of ether oxygens (including phenoxy) is 2. The number of nitrogens with one attached hydrogen (secondary N) is 1. The standard InChI is InChI=1S/C19H25NO2/c1-14-5-10-19(22-4)18(13-14)17(11-12-20-2)15-6-8-16(21-3)9-7-15/h5-10,13,17,20H,11-12H2,1-4H3. The highest BCUT2D eigenvalue weighted by molar-refractivity contribution is 5.45. The second-order valence-corrected chi connectivity index (χ2v) is 5.46. The van der Waals surface area contributed by atoms with Gasteiger partial charge in [0.05, 0.1) is 14.2 Å². The lowest BCUT2D eigenvalue weighted by Crippen LogP contribution is -2.14. The molecule has 0 aliphatic rings. The van der Waals surface area contributed by atoms with Crippen LogP contribution in [-0.4, -0.2) is 27.8 Å². The van der Waals surface area contributed by atoms with Gasteiger partial charge in [0.2, 0.25) is 0 Å². The third-order valence-corrected chi connectivity index (χ3v) is 3.96. The van der Waals surface area contributed by atoms with Crippen LogP contribution in [0.4, 0.5) is 0 Å². The lowest BCUT2D eigenvalue weighted by Gasteiger charge is -2.21. The zero-order chi connectivity index (χ0) is 15.9. The van der Waals surface area contributed by atoms with Gasteiger partial charge in [-0.25, -0.2) is 0 Å². The largest absolute Gasteiger partial charge is 0.497 e. The molecule has 2 aromatic carbocycles. The van der Waals surface area contributed by atoms with Crippen LogP contribution in [0.25, 0.3) is 0 Å². The highest BCUT2D eigenvalue weighted by atomic mass is 16.5. The molecule has 22 heavy (non-hydrogen) atoms. The Morgan fingerprint density at radius 3 is 2.32 bits per heavy atom. The molecule has 0 fully saturated rings. The summed E-state index contributed by atoms with van der Waals surface area (Å²) in [5.74, 6) is 2.13. The minimum Gasteiger partial charge on any atom is -0.497 e. The summed E-state index contributed by atoms with van der Waals surface area (Å²) >= 11 is 0. The predicted molar refractivity (Wildman–Crippen MR) is 91.1 cm³/mol. The lowest BCUT2D eigenvalue weighted by atomic mass is 9.87. The van der Waals surface area contributed by atoms with Gasteiger partial charge in [-0.2, -0.15) is 0 Å². The van der Waals surface area contributed by atoms with Crippen LogP contribution in [-0.2, 0) is 0 Å². The molecule has 0 aromatic heterocycles. The van der Waals surface area contributed by atoms with E-state index in [1.54, 1.807) is 14.2 Å². The van der Waals surface area contributed by atoms with E-state index in [0.29, 0.717) is 5.92 Å². The normalized spacial score (nSPS) is 12.0. The van der Waals surface area contributed by atoms with Crippen LogP contribution in [0.2, 0.25) is 0 Å². The van der Waals surface area contributed by atoms with Gasteiger partial charge in [-0.05, 0) is 50.7 Å². The second kappa shape index (κ2) is 7.85. The smallest absolute Gasteiger partial charge is 0.122 e. The van der Waals surface area contributed by atoms with E-state index in [9.17, 15) is 0 Å². The van der Waals surface area contributed by atoms with Crippen molar-refractivity contribution in [3.63, 3.8) is 0 Å². The lowest BCUT2D eigenvalue weighted by molar-refractivity contribution is 0.406. The fraction of sp³-hybridized carbons (Fsp3) is 0.368. The van der Waals surface area contributed by atoms with Crippen LogP contribution >= 0.6 is 0 Å². The van der Waals surface area contributed by atoms with E-state index in [2.05, 4.69) is 42.6 Å². The maximum Gasteiger partial charge on any atom is 0.122 e. The van der Waals surface area contributed by atoms with Crippen molar-refractivity contribution in [2.75, 3.05) is 27.8 Å². The Balaban J connectivity index is 2.42. The van der Waals surface area contributed by atoms with Gasteiger partial charge in [0.15, 0.2) is 0 Å². The summed E-state index contributed by atoms with van der Waals surface area (Å²) in [7, 11) is 5.41. The summed E-state index contributed by atoms with van der Waals surface area (Å²) in [6, 6.07) is 14.7. The van der Waals surface area contributed by atoms with Gasteiger partial charge in [0, 0.05) is 11.5 Å². The van der Waals surface area contributed by atoms with E-state index in [4.69, 9.17) is 9.47 Å². The Kier molecular flexibility index (Phi) is 5.84. The summed E-state index contributed by atoms with van der Waals surface area (Å²) < 4.78 is 10.8. The third-order valence-electron chi connectivity index (χ3n) is 3.96. The highest BCUT2D eigenvalue weighted by Gasteiger charge is 2.18. The molecule has 0 bridgehead atoms. The number of benzene rings is 2. The van der Waals surface area contributed by atoms with Crippen LogP contribution in [0.5, 0.6) is 11.5 Å². The third kappa shape index (κ3) is 3.80. The van der Waals surface area contributed by atoms with Gasteiger partial charge in [-0.15, -0.1) is 0 Å². The fourth-order valence-corrected chi connectivity index (χ4v) is 2.75. The molecule has 0 aliphatic heterocycles. The Hall–Kier alpha value is -2.00. The molecule has 3 nitrogen and oxygen atoms in total. The van der Waals surface area contributed by atoms with Crippen LogP contribution in [0.15, 0.2) is 42.5 Å². The molecular formula is C19H25NO2. The van der Waals surface area contributed by atoms with Gasteiger partial charge in [0.1, 0.15) is 11.5 Å². The van der Waals surface area contributed by atoms with Crippen molar-refractivity contribution in [3.05, 3.63) is 59.2 Å². The number of aryl methyl sites for hydroxylation is 1.